The van der Waals surface area contributed by atoms with Gasteiger partial charge in [0.15, 0.2) is 0 Å². The molecule has 12 heavy (non-hydrogen) atoms. The van der Waals surface area contributed by atoms with Crippen molar-refractivity contribution in [3.05, 3.63) is 12.3 Å². The van der Waals surface area contributed by atoms with E-state index in [9.17, 15) is 0 Å². The maximum absolute atomic E-state index is 6.51. The Balaban J connectivity index is 3.04. The summed E-state index contributed by atoms with van der Waals surface area (Å²) in [5, 5.41) is 6.51. The molecule has 0 unspecified atom stereocenters. The third kappa shape index (κ3) is 9.12. The minimum atomic E-state index is 1.08. The van der Waals surface area contributed by atoms with E-state index in [1.54, 1.807) is 6.20 Å². The average Bonchev–Trinajstić information content (AvgIpc) is 2.10. The van der Waals surface area contributed by atoms with Crippen molar-refractivity contribution in [2.45, 2.75) is 45.4 Å². The van der Waals surface area contributed by atoms with E-state index < -0.39 is 0 Å². The van der Waals surface area contributed by atoms with E-state index in [-0.39, 0.29) is 0 Å². The number of nitrogens with one attached hydrogen (secondary N) is 1. The second-order valence-corrected chi connectivity index (χ2v) is 2.83. The molecule has 0 aliphatic heterocycles. The van der Waals surface area contributed by atoms with Crippen LogP contribution in [0.4, 0.5) is 0 Å². The third-order valence-electron chi connectivity index (χ3n) is 1.72. The quantitative estimate of drug-likeness (QED) is 0.443. The van der Waals surface area contributed by atoms with Crippen LogP contribution in [0, 0.1) is 5.41 Å². The standard InChI is InChI=1S/C10H18N2/c1-2-3-4-5-6-7-8-9-12-10-11/h8-9,11H,2-7H2,1H3. The van der Waals surface area contributed by atoms with Gasteiger partial charge in [-0.1, -0.05) is 38.7 Å². The summed E-state index contributed by atoms with van der Waals surface area (Å²) in [6, 6.07) is 1.97. The van der Waals surface area contributed by atoms with E-state index in [0.717, 1.165) is 6.42 Å². The highest BCUT2D eigenvalue weighted by Gasteiger charge is 1.85. The first-order chi connectivity index (χ1) is 5.91. The van der Waals surface area contributed by atoms with Crippen molar-refractivity contribution in [1.82, 2.24) is 0 Å². The molecule has 0 atom stereocenters. The van der Waals surface area contributed by atoms with Gasteiger partial charge in [-0.15, -0.1) is 0 Å². The first kappa shape index (κ1) is 11.1. The summed E-state index contributed by atoms with van der Waals surface area (Å²) in [6.07, 6.45) is 11.3. The molecule has 0 amide bonds. The average molecular weight is 166 g/mol. The van der Waals surface area contributed by atoms with Crippen LogP contribution in [0.5, 0.6) is 0 Å². The van der Waals surface area contributed by atoms with E-state index in [0.29, 0.717) is 0 Å². The summed E-state index contributed by atoms with van der Waals surface area (Å²) < 4.78 is 0. The first-order valence-corrected chi connectivity index (χ1v) is 4.68. The Morgan fingerprint density at radius 2 is 2.00 bits per heavy atom. The van der Waals surface area contributed by atoms with Crippen LogP contribution in [0.2, 0.25) is 0 Å². The molecule has 0 radical (unpaired) electrons. The lowest BCUT2D eigenvalue weighted by atomic mass is 10.1. The molecule has 0 aliphatic rings. The van der Waals surface area contributed by atoms with Gasteiger partial charge < -0.3 is 0 Å². The van der Waals surface area contributed by atoms with Crippen molar-refractivity contribution in [3.63, 3.8) is 0 Å². The zero-order valence-corrected chi connectivity index (χ0v) is 7.84. The Bertz CT molecular complexity index is 155. The van der Waals surface area contributed by atoms with Crippen LogP contribution in [-0.4, -0.2) is 6.01 Å². The van der Waals surface area contributed by atoms with Crippen molar-refractivity contribution >= 4 is 6.01 Å². The summed E-state index contributed by atoms with van der Waals surface area (Å²) in [5.74, 6) is 0. The van der Waals surface area contributed by atoms with Gasteiger partial charge in [0, 0.05) is 6.20 Å². The number of nitrogens with zero attached hydrogens (tertiary/aromatic N) is 1. The molecule has 0 spiro atoms. The Kier molecular flexibility index (Phi) is 9.38. The van der Waals surface area contributed by atoms with Crippen molar-refractivity contribution in [2.24, 2.45) is 4.99 Å². The Morgan fingerprint density at radius 3 is 2.67 bits per heavy atom. The van der Waals surface area contributed by atoms with Crippen LogP contribution in [0.15, 0.2) is 17.3 Å². The van der Waals surface area contributed by atoms with E-state index in [1.165, 1.54) is 32.1 Å². The van der Waals surface area contributed by atoms with Crippen LogP contribution in [0.1, 0.15) is 45.4 Å². The van der Waals surface area contributed by atoms with Gasteiger partial charge in [-0.25, -0.2) is 5.41 Å². The summed E-state index contributed by atoms with van der Waals surface area (Å²) in [6.45, 7) is 2.22. The van der Waals surface area contributed by atoms with Gasteiger partial charge in [0.2, 0.25) is 0 Å². The van der Waals surface area contributed by atoms with E-state index >= 15 is 0 Å². The molecule has 0 saturated heterocycles. The predicted molar refractivity (Wildman–Crippen MR) is 52.7 cm³/mol. The molecule has 0 fully saturated rings. The second-order valence-electron chi connectivity index (χ2n) is 2.83. The molecule has 0 aromatic rings. The highest BCUT2D eigenvalue weighted by Crippen LogP contribution is 2.04. The minimum absolute atomic E-state index is 1.08. The SMILES string of the molecule is CCCCCCCC=CN=C=N. The molecule has 2 nitrogen and oxygen atoms in total. The molecule has 2 heteroatoms. The van der Waals surface area contributed by atoms with Crippen molar-refractivity contribution < 1.29 is 0 Å². The van der Waals surface area contributed by atoms with Crippen LogP contribution >= 0.6 is 0 Å². The number of hydrogen-bond acceptors (Lipinski definition) is 2. The lowest BCUT2D eigenvalue weighted by molar-refractivity contribution is 0.637. The van der Waals surface area contributed by atoms with Crippen molar-refractivity contribution in [2.75, 3.05) is 0 Å². The molecular formula is C10H18N2. The maximum Gasteiger partial charge on any atom is 0.0911 e. The van der Waals surface area contributed by atoms with Gasteiger partial charge >= 0.3 is 0 Å². The lowest BCUT2D eigenvalue weighted by Gasteiger charge is -1.94. The Hall–Kier alpha value is -0.880. The smallest absolute Gasteiger partial charge is 0.0911 e. The molecule has 0 rings (SSSR count). The molecule has 1 N–H and O–H groups in total. The Morgan fingerprint density at radius 1 is 1.25 bits per heavy atom. The van der Waals surface area contributed by atoms with Gasteiger partial charge in [0.25, 0.3) is 0 Å². The molecule has 0 saturated carbocycles. The monoisotopic (exact) mass is 166 g/mol. The van der Waals surface area contributed by atoms with E-state index in [2.05, 4.69) is 11.9 Å². The fourth-order valence-electron chi connectivity index (χ4n) is 1.03. The zero-order chi connectivity index (χ0) is 9.07. The van der Waals surface area contributed by atoms with Crippen LogP contribution in [0.3, 0.4) is 0 Å². The van der Waals surface area contributed by atoms with Crippen molar-refractivity contribution in [3.8, 4) is 0 Å². The van der Waals surface area contributed by atoms with Crippen LogP contribution < -0.4 is 0 Å². The molecule has 68 valence electrons. The van der Waals surface area contributed by atoms with E-state index in [1.807, 2.05) is 12.1 Å². The fourth-order valence-corrected chi connectivity index (χ4v) is 1.03. The Labute approximate surface area is 74.9 Å². The highest BCUT2D eigenvalue weighted by atomic mass is 14.7. The van der Waals surface area contributed by atoms with Gasteiger partial charge in [-0.05, 0) is 12.8 Å². The predicted octanol–water partition coefficient (Wildman–Crippen LogP) is 3.61. The van der Waals surface area contributed by atoms with E-state index in [4.69, 9.17) is 5.41 Å². The van der Waals surface area contributed by atoms with Gasteiger partial charge in [0.05, 0.1) is 6.01 Å². The van der Waals surface area contributed by atoms with Crippen molar-refractivity contribution in [1.29, 1.82) is 5.41 Å². The lowest BCUT2D eigenvalue weighted by Crippen LogP contribution is -1.75. The summed E-state index contributed by atoms with van der Waals surface area (Å²) >= 11 is 0. The van der Waals surface area contributed by atoms with Gasteiger partial charge in [0.1, 0.15) is 0 Å². The first-order valence-electron chi connectivity index (χ1n) is 4.68. The molecular weight excluding hydrogens is 148 g/mol. The van der Waals surface area contributed by atoms with Gasteiger partial charge in [-0.2, -0.15) is 4.99 Å². The topological polar surface area (TPSA) is 36.2 Å². The number of rotatable bonds is 7. The fraction of sp³-hybridized carbons (Fsp3) is 0.700. The zero-order valence-electron chi connectivity index (χ0n) is 7.84. The molecule has 0 bridgehead atoms. The molecule has 0 aliphatic carbocycles. The third-order valence-corrected chi connectivity index (χ3v) is 1.72. The number of allylic oxidation sites excluding steroid dienone is 1. The second kappa shape index (κ2) is 10.1. The molecule has 0 aromatic heterocycles. The van der Waals surface area contributed by atoms with Gasteiger partial charge in [-0.3, -0.25) is 0 Å². The van der Waals surface area contributed by atoms with Crippen LogP contribution in [-0.2, 0) is 0 Å². The number of hydrogen-bond donors (Lipinski definition) is 1. The maximum atomic E-state index is 6.51. The number of unbranched alkanes of at least 4 members (excludes halogenated alkanes) is 5. The highest BCUT2D eigenvalue weighted by molar-refractivity contribution is 5.37. The molecule has 0 aromatic carbocycles. The summed E-state index contributed by atoms with van der Waals surface area (Å²) in [7, 11) is 0. The molecule has 0 heterocycles. The summed E-state index contributed by atoms with van der Waals surface area (Å²) in [4.78, 5) is 3.54. The number of aliphatic imine (C=N–C) groups is 1. The van der Waals surface area contributed by atoms with Crippen LogP contribution in [0.25, 0.3) is 0 Å². The minimum Gasteiger partial charge on any atom is -0.241 e. The normalized spacial score (nSPS) is 10.1. The summed E-state index contributed by atoms with van der Waals surface area (Å²) in [5.41, 5.74) is 0. The largest absolute Gasteiger partial charge is 0.241 e.